The zero-order valence-electron chi connectivity index (χ0n) is 11.4. The van der Waals surface area contributed by atoms with Gasteiger partial charge in [0.25, 0.3) is 0 Å². The molecule has 0 rings (SSSR count). The monoisotopic (exact) mass is 236 g/mol. The second-order valence-electron chi connectivity index (χ2n) is 4.47. The minimum Gasteiger partial charge on any atom is -0.303 e. The first-order chi connectivity index (χ1) is 8.41. The minimum absolute atomic E-state index is 0.719. The molecule has 0 saturated heterocycles. The maximum Gasteiger partial charge on any atom is 0.119 e. The van der Waals surface area contributed by atoms with Crippen LogP contribution in [0.25, 0.3) is 0 Å². The van der Waals surface area contributed by atoms with Crippen LogP contribution in [-0.4, -0.2) is 6.29 Å². The van der Waals surface area contributed by atoms with E-state index < -0.39 is 0 Å². The number of unbranched alkanes of at least 4 members (excludes halogenated alkanes) is 7. The van der Waals surface area contributed by atoms with Crippen molar-refractivity contribution >= 4 is 6.29 Å². The summed E-state index contributed by atoms with van der Waals surface area (Å²) >= 11 is 0. The Kier molecular flexibility index (Phi) is 14.4. The number of hydrogen-bond donors (Lipinski definition) is 0. The van der Waals surface area contributed by atoms with E-state index in [9.17, 15) is 4.79 Å². The predicted octanol–water partition coefficient (Wildman–Crippen LogP) is 5.22. The fourth-order valence-electron chi connectivity index (χ4n) is 1.64. The number of allylic oxidation sites excluding steroid dienone is 4. The third-order valence-electron chi connectivity index (χ3n) is 2.74. The third-order valence-corrected chi connectivity index (χ3v) is 2.74. The highest BCUT2D eigenvalue weighted by Gasteiger charge is 1.85. The summed E-state index contributed by atoms with van der Waals surface area (Å²) in [6.07, 6.45) is 21.7. The maximum atomic E-state index is 10.1. The molecule has 0 atom stereocenters. The van der Waals surface area contributed by atoms with Gasteiger partial charge in [0, 0.05) is 6.42 Å². The molecule has 0 bridgehead atoms. The Balaban J connectivity index is 3.13. The van der Waals surface area contributed by atoms with Crippen LogP contribution in [0.5, 0.6) is 0 Å². The first-order valence-electron chi connectivity index (χ1n) is 7.15. The summed E-state index contributed by atoms with van der Waals surface area (Å²) in [6.45, 7) is 2.23. The van der Waals surface area contributed by atoms with Crippen molar-refractivity contribution in [2.24, 2.45) is 0 Å². The average Bonchev–Trinajstić information content (AvgIpc) is 2.35. The highest BCUT2D eigenvalue weighted by Crippen LogP contribution is 2.03. The van der Waals surface area contributed by atoms with Crippen LogP contribution >= 0.6 is 0 Å². The summed E-state index contributed by atoms with van der Waals surface area (Å²) in [7, 11) is 0. The Labute approximate surface area is 107 Å². The Morgan fingerprint density at radius 2 is 1.12 bits per heavy atom. The standard InChI is InChI=1S/C16H28O/c1-2-3-4-5-6-7-8-9-10-11-12-13-14-15-16-17/h5-6,10-11,16H,2-4,7-9,12-15H2,1H3/b6-5-,11-10-. The smallest absolute Gasteiger partial charge is 0.119 e. The van der Waals surface area contributed by atoms with Crippen LogP contribution in [0.1, 0.15) is 71.1 Å². The average molecular weight is 236 g/mol. The second kappa shape index (κ2) is 15.1. The predicted molar refractivity (Wildman–Crippen MR) is 76.2 cm³/mol. The van der Waals surface area contributed by atoms with Crippen molar-refractivity contribution in [1.29, 1.82) is 0 Å². The van der Waals surface area contributed by atoms with Crippen LogP contribution in [0, 0.1) is 0 Å². The van der Waals surface area contributed by atoms with Gasteiger partial charge < -0.3 is 4.79 Å². The molecule has 0 radical (unpaired) electrons. The van der Waals surface area contributed by atoms with Crippen molar-refractivity contribution in [3.8, 4) is 0 Å². The lowest BCUT2D eigenvalue weighted by molar-refractivity contribution is -0.107. The summed E-state index contributed by atoms with van der Waals surface area (Å²) in [6, 6.07) is 0. The fraction of sp³-hybridized carbons (Fsp3) is 0.688. The van der Waals surface area contributed by atoms with Gasteiger partial charge in [-0.3, -0.25) is 0 Å². The Morgan fingerprint density at radius 1 is 0.647 bits per heavy atom. The summed E-state index contributed by atoms with van der Waals surface area (Å²) in [5.74, 6) is 0. The summed E-state index contributed by atoms with van der Waals surface area (Å²) in [5, 5.41) is 0. The van der Waals surface area contributed by atoms with Gasteiger partial charge in [-0.05, 0) is 44.9 Å². The van der Waals surface area contributed by atoms with E-state index in [1.165, 1.54) is 38.5 Å². The zero-order chi connectivity index (χ0) is 12.6. The molecule has 98 valence electrons. The van der Waals surface area contributed by atoms with Gasteiger partial charge in [0.15, 0.2) is 0 Å². The van der Waals surface area contributed by atoms with Gasteiger partial charge in [-0.2, -0.15) is 0 Å². The molecular weight excluding hydrogens is 208 g/mol. The van der Waals surface area contributed by atoms with Gasteiger partial charge >= 0.3 is 0 Å². The van der Waals surface area contributed by atoms with Crippen molar-refractivity contribution < 1.29 is 4.79 Å². The highest BCUT2D eigenvalue weighted by molar-refractivity contribution is 5.48. The molecule has 0 aliphatic rings. The fourth-order valence-corrected chi connectivity index (χ4v) is 1.64. The molecule has 0 aromatic rings. The number of carbonyl (C=O) groups excluding carboxylic acids is 1. The summed E-state index contributed by atoms with van der Waals surface area (Å²) < 4.78 is 0. The molecule has 0 saturated carbocycles. The number of hydrogen-bond acceptors (Lipinski definition) is 1. The van der Waals surface area contributed by atoms with Gasteiger partial charge in [0.05, 0.1) is 0 Å². The van der Waals surface area contributed by atoms with E-state index in [2.05, 4.69) is 31.2 Å². The topological polar surface area (TPSA) is 17.1 Å². The molecule has 17 heavy (non-hydrogen) atoms. The molecule has 0 aliphatic heterocycles. The summed E-state index contributed by atoms with van der Waals surface area (Å²) in [5.41, 5.74) is 0. The van der Waals surface area contributed by atoms with E-state index in [0.29, 0.717) is 0 Å². The Hall–Kier alpha value is -0.850. The molecule has 0 amide bonds. The number of rotatable bonds is 12. The maximum absolute atomic E-state index is 10.1. The SMILES string of the molecule is CCCC/C=C\CCC/C=C\CCCCC=O. The molecule has 0 unspecified atom stereocenters. The first kappa shape index (κ1) is 16.1. The molecular formula is C16H28O. The van der Waals surface area contributed by atoms with Crippen LogP contribution in [0.4, 0.5) is 0 Å². The van der Waals surface area contributed by atoms with Crippen LogP contribution in [0.3, 0.4) is 0 Å². The van der Waals surface area contributed by atoms with Crippen molar-refractivity contribution in [1.82, 2.24) is 0 Å². The van der Waals surface area contributed by atoms with E-state index in [0.717, 1.165) is 32.0 Å². The molecule has 0 spiro atoms. The van der Waals surface area contributed by atoms with Crippen LogP contribution in [0.2, 0.25) is 0 Å². The first-order valence-corrected chi connectivity index (χ1v) is 7.15. The van der Waals surface area contributed by atoms with Crippen molar-refractivity contribution in [3.63, 3.8) is 0 Å². The van der Waals surface area contributed by atoms with Crippen LogP contribution in [-0.2, 0) is 4.79 Å². The van der Waals surface area contributed by atoms with Crippen LogP contribution < -0.4 is 0 Å². The summed E-state index contributed by atoms with van der Waals surface area (Å²) in [4.78, 5) is 10.1. The molecule has 0 aliphatic carbocycles. The van der Waals surface area contributed by atoms with Gasteiger partial charge in [-0.15, -0.1) is 0 Å². The molecule has 1 nitrogen and oxygen atoms in total. The molecule has 0 N–H and O–H groups in total. The van der Waals surface area contributed by atoms with E-state index in [-0.39, 0.29) is 0 Å². The molecule has 0 aromatic heterocycles. The lowest BCUT2D eigenvalue weighted by Gasteiger charge is -1.93. The quantitative estimate of drug-likeness (QED) is 0.258. The van der Waals surface area contributed by atoms with E-state index in [1.807, 2.05) is 0 Å². The molecule has 0 heterocycles. The van der Waals surface area contributed by atoms with Crippen molar-refractivity contribution in [2.45, 2.75) is 71.1 Å². The zero-order valence-corrected chi connectivity index (χ0v) is 11.4. The van der Waals surface area contributed by atoms with E-state index in [4.69, 9.17) is 0 Å². The Bertz CT molecular complexity index is 204. The highest BCUT2D eigenvalue weighted by atomic mass is 16.1. The lowest BCUT2D eigenvalue weighted by atomic mass is 10.1. The Morgan fingerprint density at radius 3 is 1.65 bits per heavy atom. The lowest BCUT2D eigenvalue weighted by Crippen LogP contribution is -1.76. The number of carbonyl (C=O) groups is 1. The second-order valence-corrected chi connectivity index (χ2v) is 4.47. The van der Waals surface area contributed by atoms with E-state index >= 15 is 0 Å². The number of aldehydes is 1. The molecule has 1 heteroatoms. The van der Waals surface area contributed by atoms with Gasteiger partial charge in [-0.25, -0.2) is 0 Å². The largest absolute Gasteiger partial charge is 0.303 e. The van der Waals surface area contributed by atoms with Gasteiger partial charge in [0.1, 0.15) is 6.29 Å². The van der Waals surface area contributed by atoms with Crippen LogP contribution in [0.15, 0.2) is 24.3 Å². The minimum atomic E-state index is 0.719. The van der Waals surface area contributed by atoms with Crippen molar-refractivity contribution in [3.05, 3.63) is 24.3 Å². The van der Waals surface area contributed by atoms with E-state index in [1.54, 1.807) is 0 Å². The normalized spacial score (nSPS) is 11.6. The van der Waals surface area contributed by atoms with Gasteiger partial charge in [0.2, 0.25) is 0 Å². The third kappa shape index (κ3) is 15.1. The van der Waals surface area contributed by atoms with Gasteiger partial charge in [-0.1, -0.05) is 44.1 Å². The van der Waals surface area contributed by atoms with Crippen molar-refractivity contribution in [2.75, 3.05) is 0 Å². The molecule has 0 fully saturated rings. The molecule has 0 aromatic carbocycles.